The number of nitrogens with one attached hydrogen (secondary N) is 12. The zero-order valence-electron chi connectivity index (χ0n) is 79.4. The molecule has 0 spiro atoms. The number of hydrogen-bond donors (Lipinski definition) is 19. The summed E-state index contributed by atoms with van der Waals surface area (Å²) in [7, 11) is 3.82. The van der Waals surface area contributed by atoms with Crippen LogP contribution >= 0.6 is 32.9 Å². The van der Waals surface area contributed by atoms with Gasteiger partial charge in [0.2, 0.25) is 53.2 Å². The molecule has 3 aromatic carbocycles. The number of urea groups is 1. The molecule has 1 aromatic heterocycles. The number of hydrazine groups is 1. The molecule has 4 aromatic rings. The normalized spacial score (nSPS) is 15.2. The Morgan fingerprint density at radius 3 is 1.76 bits per heavy atom. The van der Waals surface area contributed by atoms with Crippen molar-refractivity contribution in [1.82, 2.24) is 78.8 Å². The third-order valence-corrected chi connectivity index (χ3v) is 25.8. The number of carboxylic acid groups (broad SMARTS) is 5. The lowest BCUT2D eigenvalue weighted by atomic mass is 9.92. The monoisotopic (exact) mass is 2000 g/mol. The number of benzene rings is 3. The molecule has 1 aliphatic rings. The second kappa shape index (κ2) is 62.3. The van der Waals surface area contributed by atoms with Crippen LogP contribution in [0.25, 0.3) is 5.70 Å². The third kappa shape index (κ3) is 44.8. The number of phenols is 1. The molecule has 1 unspecified atom stereocenters. The molecule has 14 atom stereocenters. The molecular weight excluding hydrogens is 1870 g/mol. The van der Waals surface area contributed by atoms with Gasteiger partial charge >= 0.3 is 53.9 Å². The lowest BCUT2D eigenvalue weighted by Crippen LogP contribution is -2.59. The minimum Gasteiger partial charge on any atom is -0.508 e. The maximum absolute atomic E-state index is 15.1. The van der Waals surface area contributed by atoms with Crippen molar-refractivity contribution in [2.45, 2.75) is 269 Å². The van der Waals surface area contributed by atoms with Crippen molar-refractivity contribution in [2.75, 3.05) is 45.0 Å². The van der Waals surface area contributed by atoms with Crippen LogP contribution in [0.4, 0.5) is 9.59 Å². The average Bonchev–Trinajstić information content (AvgIpc) is 1.53. The predicted molar refractivity (Wildman–Crippen MR) is 513 cm³/mol. The number of rotatable bonds is 64. The summed E-state index contributed by atoms with van der Waals surface area (Å²) in [6.45, 7) is 16.7. The van der Waals surface area contributed by atoms with Crippen molar-refractivity contribution in [3.05, 3.63) is 124 Å². The van der Waals surface area contributed by atoms with E-state index < -0.39 is 212 Å². The van der Waals surface area contributed by atoms with E-state index in [2.05, 4.69) is 65.3 Å². The minimum atomic E-state index is -1.87. The molecule has 5 rings (SSSR count). The second-order valence-corrected chi connectivity index (χ2v) is 37.7. The standard InChI is InChI=1S/C93H134N16O27S3/c1-10-25-80(119)135-53-109(88(125)81(55(5)11-2)105-86(124)71-30-22-24-41-108(71)9)72(54(3)4)49-73(136-58(8)110)87-101-69(51-137-87)57(7)96-62(45-61-32-34-63(111)35-33-61)44-56(6)82(120)106-107-93(133)134-42-43-138-139-52-70(91(130)131)100-84(122)68(48-79(117)118)98-77(114)50-74(94)104-85(123)67(47-60-28-19-16-20-29-60)99-83(121)66(46-59-26-17-15-18-27-59)97-76(113)31-21-13-12-14-23-40-95-75(112)38-36-64(89(126)127)102-92(132)103-65(90(128)129)37-39-78(115)116/h15-20,26-29,32-35,51,54-56,62,64-68,70-74,81,96,111H,7,10-14,21-25,30-31,36-50,52-53,94H2,1-6,8-9H3,(H,95,112)(H,97,113)(H,98,114)(H,99,121)(H,100,122)(H,104,123)(H,105,124)(H,106,120)(H,107,133)(H,115,116)(H,117,118)(H,126,127)(H,128,129)(H,130,131)(H2,102,103,132)/t55-,56+,62-,64+,65+,66+,67+,68+,70+,71?,72-,73-,74+,81+/m1/s1. The first-order valence-electron chi connectivity index (χ1n) is 46.1. The maximum Gasteiger partial charge on any atom is 0.426 e. The molecule has 1 fully saturated rings. The number of amides is 12. The number of piperidine rings is 1. The number of nitrogens with zero attached hydrogens (tertiary/aromatic N) is 3. The van der Waals surface area contributed by atoms with Gasteiger partial charge in [0.25, 0.3) is 0 Å². The van der Waals surface area contributed by atoms with Gasteiger partial charge in [-0.05, 0) is 112 Å². The Morgan fingerprint density at radius 2 is 1.17 bits per heavy atom. The van der Waals surface area contributed by atoms with Crippen LogP contribution in [0, 0.1) is 17.8 Å². The van der Waals surface area contributed by atoms with Crippen LogP contribution in [0.15, 0.2) is 96.9 Å². The fourth-order valence-electron chi connectivity index (χ4n) is 14.7. The van der Waals surface area contributed by atoms with E-state index in [-0.39, 0.29) is 106 Å². The van der Waals surface area contributed by atoms with Crippen LogP contribution in [-0.2, 0) is 110 Å². The highest BCUT2D eigenvalue weighted by Gasteiger charge is 2.41. The Balaban J connectivity index is 1.11. The van der Waals surface area contributed by atoms with Gasteiger partial charge in [-0.1, -0.05) is 175 Å². The number of esters is 2. The molecule has 139 heavy (non-hydrogen) atoms. The Labute approximate surface area is 818 Å². The molecule has 12 amide bonds. The number of likely N-dealkylation sites (tertiary alicyclic amines) is 1. The summed E-state index contributed by atoms with van der Waals surface area (Å²) in [5.74, 6) is -16.7. The van der Waals surface area contributed by atoms with Crippen molar-refractivity contribution >= 4 is 146 Å². The van der Waals surface area contributed by atoms with Gasteiger partial charge in [-0.25, -0.2) is 34.4 Å². The van der Waals surface area contributed by atoms with Crippen molar-refractivity contribution in [3.8, 4) is 5.75 Å². The number of nitrogens with two attached hydrogens (primary N) is 1. The van der Waals surface area contributed by atoms with E-state index in [0.29, 0.717) is 78.9 Å². The van der Waals surface area contributed by atoms with Gasteiger partial charge in [0.15, 0.2) is 12.8 Å². The SMILES string of the molecule is C=C(N[C@@H](Cc1ccc(O)cc1)C[C@H](C)C(=O)NNC(=O)OCCSSC[C@H](NC(=O)[C@H](CC(=O)O)NC(=O)C[C@@H](N)NC(=O)[C@H](Cc1ccccc1)NC(=O)[C@H](Cc1ccccc1)NC(=O)CCCCCCCNC(=O)CC[C@H](NC(=O)N[C@@H](CCC(=O)O)C(=O)O)C(=O)O)C(=O)O)c1csc([C@@H](C[C@H](C(C)C)N(COC(=O)CCC)C(=O)[C@@H](NC(=O)C2CCCCN2C)[C@H](C)CC)OC(C)=O)n1. The van der Waals surface area contributed by atoms with Crippen molar-refractivity contribution < 1.29 is 131 Å². The number of aromatic hydroxyl groups is 1. The number of likely N-dealkylation sites (N-methyl/N-ethyl adjacent to an activating group) is 1. The lowest BCUT2D eigenvalue weighted by molar-refractivity contribution is -0.161. The Kier molecular flexibility index (Phi) is 52.3. The summed E-state index contributed by atoms with van der Waals surface area (Å²) in [6.07, 6.45) is -0.606. The van der Waals surface area contributed by atoms with Crippen LogP contribution in [-0.4, -0.2) is 264 Å². The molecule has 0 bridgehead atoms. The van der Waals surface area contributed by atoms with Crippen LogP contribution < -0.4 is 69.8 Å². The first kappa shape index (κ1) is 117. The number of phenolic OH excluding ortho intramolecular Hbond substituents is 1. The minimum absolute atomic E-state index is 0.00541. The first-order valence-corrected chi connectivity index (χ1v) is 49.5. The number of aromatic nitrogens is 1. The first-order chi connectivity index (χ1) is 66.0. The highest BCUT2D eigenvalue weighted by Crippen LogP contribution is 2.34. The molecule has 766 valence electrons. The zero-order valence-corrected chi connectivity index (χ0v) is 81.9. The number of carbonyl (C=O) groups is 18. The van der Waals surface area contributed by atoms with Gasteiger partial charge in [-0.15, -0.1) is 11.3 Å². The van der Waals surface area contributed by atoms with Gasteiger partial charge < -0.3 is 109 Å². The van der Waals surface area contributed by atoms with E-state index in [1.807, 2.05) is 51.9 Å². The van der Waals surface area contributed by atoms with Crippen LogP contribution in [0.1, 0.15) is 210 Å². The van der Waals surface area contributed by atoms with Crippen molar-refractivity contribution in [2.24, 2.45) is 23.5 Å². The molecule has 0 aliphatic carbocycles. The smallest absolute Gasteiger partial charge is 0.426 e. The Morgan fingerprint density at radius 1 is 0.590 bits per heavy atom. The Hall–Kier alpha value is -12.7. The molecule has 20 N–H and O–H groups in total. The predicted octanol–water partition coefficient (Wildman–Crippen LogP) is 5.43. The van der Waals surface area contributed by atoms with Crippen molar-refractivity contribution in [3.63, 3.8) is 0 Å². The second-order valence-electron chi connectivity index (χ2n) is 34.2. The van der Waals surface area contributed by atoms with Gasteiger partial charge in [0.05, 0.1) is 36.4 Å². The topological polar surface area (TPSA) is 646 Å². The largest absolute Gasteiger partial charge is 0.508 e. The highest BCUT2D eigenvalue weighted by atomic mass is 33.1. The summed E-state index contributed by atoms with van der Waals surface area (Å²) in [5.41, 5.74) is 13.5. The van der Waals surface area contributed by atoms with E-state index in [0.717, 1.165) is 46.5 Å². The van der Waals surface area contributed by atoms with E-state index in [9.17, 15) is 107 Å². The molecular formula is C93H134N16O27S3. The van der Waals surface area contributed by atoms with Crippen LogP contribution in [0.5, 0.6) is 5.75 Å². The van der Waals surface area contributed by atoms with E-state index in [4.69, 9.17) is 30.0 Å². The third-order valence-electron chi connectivity index (χ3n) is 22.5. The molecule has 0 saturated carbocycles. The number of hydrogen-bond acceptors (Lipinski definition) is 29. The summed E-state index contributed by atoms with van der Waals surface area (Å²) >= 11 is 1.17. The fourth-order valence-corrected chi connectivity index (χ4v) is 17.6. The summed E-state index contributed by atoms with van der Waals surface area (Å²) in [6, 6.07) is 10.3. The van der Waals surface area contributed by atoms with Crippen molar-refractivity contribution in [1.29, 1.82) is 0 Å². The molecule has 46 heteroatoms. The highest BCUT2D eigenvalue weighted by molar-refractivity contribution is 8.76. The van der Waals surface area contributed by atoms with Gasteiger partial charge in [0, 0.05) is 93.3 Å². The summed E-state index contributed by atoms with van der Waals surface area (Å²) < 4.78 is 17.0. The zero-order chi connectivity index (χ0) is 103. The summed E-state index contributed by atoms with van der Waals surface area (Å²) in [4.78, 5) is 243. The fraction of sp³-hybridized carbons (Fsp3) is 0.559. The maximum atomic E-state index is 15.1. The van der Waals surface area contributed by atoms with E-state index >= 15 is 4.79 Å². The molecule has 0 radical (unpaired) electrons. The van der Waals surface area contributed by atoms with E-state index in [1.54, 1.807) is 85.1 Å². The lowest BCUT2D eigenvalue weighted by Gasteiger charge is -2.39. The molecule has 2 heterocycles. The number of thiazole rings is 1. The quantitative estimate of drug-likeness (QED) is 0.00654. The van der Waals surface area contributed by atoms with Gasteiger partial charge in [-0.3, -0.25) is 72.7 Å². The number of carbonyl (C=O) groups excluding carboxylic acids is 13. The number of unbranched alkanes of at least 4 members (excludes halogenated alkanes) is 4. The Bertz CT molecular complexity index is 4730. The number of carboxylic acids is 5. The molecule has 1 aliphatic heterocycles. The molecule has 1 saturated heterocycles. The summed E-state index contributed by atoms with van der Waals surface area (Å²) in [5, 5.41) is 85.4. The number of aliphatic carboxylic acids is 5. The average molecular weight is 2000 g/mol. The van der Waals surface area contributed by atoms with Gasteiger partial charge in [-0.2, -0.15) is 0 Å². The van der Waals surface area contributed by atoms with Crippen LogP contribution in [0.3, 0.4) is 0 Å². The molecule has 43 nitrogen and oxygen atoms in total. The van der Waals surface area contributed by atoms with Gasteiger partial charge in [0.1, 0.15) is 59.7 Å². The van der Waals surface area contributed by atoms with E-state index in [1.165, 1.54) is 35.3 Å². The van der Waals surface area contributed by atoms with Crippen LogP contribution in [0.2, 0.25) is 0 Å². The number of ether oxygens (including phenoxy) is 3.